The van der Waals surface area contributed by atoms with E-state index in [4.69, 9.17) is 5.73 Å². The molecule has 0 heterocycles. The third-order valence-corrected chi connectivity index (χ3v) is 3.07. The Hall–Kier alpha value is -1.56. The van der Waals surface area contributed by atoms with E-state index in [0.717, 1.165) is 4.47 Å². The van der Waals surface area contributed by atoms with E-state index in [1.54, 1.807) is 25.1 Å². The van der Waals surface area contributed by atoms with Crippen molar-refractivity contribution in [2.45, 2.75) is 26.8 Å². The molecule has 0 aliphatic carbocycles. The van der Waals surface area contributed by atoms with Crippen molar-refractivity contribution >= 4 is 33.4 Å². The van der Waals surface area contributed by atoms with E-state index in [9.17, 15) is 9.59 Å². The fraction of sp³-hybridized carbons (Fsp3) is 0.429. The number of amides is 2. The van der Waals surface area contributed by atoms with Crippen molar-refractivity contribution in [1.82, 2.24) is 10.6 Å². The summed E-state index contributed by atoms with van der Waals surface area (Å²) in [6.07, 6.45) is 0. The lowest BCUT2D eigenvalue weighted by Gasteiger charge is -2.15. The van der Waals surface area contributed by atoms with Gasteiger partial charge in [-0.25, -0.2) is 0 Å². The van der Waals surface area contributed by atoms with Crippen molar-refractivity contribution in [2.75, 3.05) is 12.3 Å². The fourth-order valence-corrected chi connectivity index (χ4v) is 2.06. The van der Waals surface area contributed by atoms with Crippen molar-refractivity contribution < 1.29 is 9.59 Å². The van der Waals surface area contributed by atoms with Gasteiger partial charge in [0.25, 0.3) is 5.91 Å². The molecule has 0 fully saturated rings. The molecule has 1 aromatic rings. The summed E-state index contributed by atoms with van der Waals surface area (Å²) in [6.45, 7) is 6.25. The zero-order valence-corrected chi connectivity index (χ0v) is 13.5. The monoisotopic (exact) mass is 341 g/mol. The van der Waals surface area contributed by atoms with Gasteiger partial charge in [-0.15, -0.1) is 0 Å². The summed E-state index contributed by atoms with van der Waals surface area (Å²) in [5.41, 5.74) is 6.58. The number of rotatable bonds is 5. The van der Waals surface area contributed by atoms with Gasteiger partial charge < -0.3 is 16.4 Å². The predicted molar refractivity (Wildman–Crippen MR) is 83.3 cm³/mol. The Bertz CT molecular complexity index is 483. The van der Waals surface area contributed by atoms with Crippen LogP contribution in [0.2, 0.25) is 0 Å². The molecule has 0 saturated heterocycles. The van der Waals surface area contributed by atoms with Crippen LogP contribution in [0.1, 0.15) is 31.1 Å². The minimum Gasteiger partial charge on any atom is -0.399 e. The molecule has 0 spiro atoms. The highest BCUT2D eigenvalue weighted by Crippen LogP contribution is 2.17. The second kappa shape index (κ2) is 7.28. The van der Waals surface area contributed by atoms with Crippen LogP contribution in [-0.2, 0) is 4.79 Å². The Morgan fingerprint density at radius 2 is 1.90 bits per heavy atom. The standard InChI is InChI=1S/C14H20BrN3O2/c1-8(2)7-17-13(19)9(3)18-14(20)10-4-11(15)6-12(16)5-10/h4-6,8-9H,7,16H2,1-3H3,(H,17,19)(H,18,20). The highest BCUT2D eigenvalue weighted by Gasteiger charge is 2.17. The van der Waals surface area contributed by atoms with Crippen LogP contribution < -0.4 is 16.4 Å². The SMILES string of the molecule is CC(C)CNC(=O)C(C)NC(=O)c1cc(N)cc(Br)c1. The molecule has 5 nitrogen and oxygen atoms in total. The average Bonchev–Trinajstić information content (AvgIpc) is 2.34. The lowest BCUT2D eigenvalue weighted by molar-refractivity contribution is -0.122. The fourth-order valence-electron chi connectivity index (χ4n) is 1.55. The molecular weight excluding hydrogens is 322 g/mol. The largest absolute Gasteiger partial charge is 0.399 e. The third kappa shape index (κ3) is 5.21. The highest BCUT2D eigenvalue weighted by atomic mass is 79.9. The van der Waals surface area contributed by atoms with Gasteiger partial charge in [0, 0.05) is 22.3 Å². The minimum absolute atomic E-state index is 0.199. The molecule has 2 amide bonds. The number of nitrogens with two attached hydrogens (primary N) is 1. The van der Waals surface area contributed by atoms with Gasteiger partial charge in [0.05, 0.1) is 0 Å². The minimum atomic E-state index is -0.596. The van der Waals surface area contributed by atoms with Crippen LogP contribution >= 0.6 is 15.9 Å². The van der Waals surface area contributed by atoms with E-state index in [1.165, 1.54) is 0 Å². The summed E-state index contributed by atoms with van der Waals surface area (Å²) in [7, 11) is 0. The molecule has 110 valence electrons. The maximum atomic E-state index is 12.0. The van der Waals surface area contributed by atoms with Crippen LogP contribution in [0.4, 0.5) is 5.69 Å². The molecule has 1 unspecified atom stereocenters. The van der Waals surface area contributed by atoms with Crippen molar-refractivity contribution in [3.05, 3.63) is 28.2 Å². The molecule has 1 aromatic carbocycles. The van der Waals surface area contributed by atoms with E-state index in [1.807, 2.05) is 13.8 Å². The van der Waals surface area contributed by atoms with Gasteiger partial charge in [-0.3, -0.25) is 9.59 Å². The number of benzene rings is 1. The Kier molecular flexibility index (Phi) is 6.01. The van der Waals surface area contributed by atoms with Gasteiger partial charge in [0.2, 0.25) is 5.91 Å². The van der Waals surface area contributed by atoms with E-state index in [2.05, 4.69) is 26.6 Å². The van der Waals surface area contributed by atoms with Gasteiger partial charge >= 0.3 is 0 Å². The lowest BCUT2D eigenvalue weighted by Crippen LogP contribution is -2.45. The molecule has 0 saturated carbocycles. The van der Waals surface area contributed by atoms with Gasteiger partial charge in [-0.05, 0) is 31.0 Å². The maximum Gasteiger partial charge on any atom is 0.252 e. The van der Waals surface area contributed by atoms with Crippen LogP contribution in [0.3, 0.4) is 0 Å². The first-order valence-corrected chi connectivity index (χ1v) is 7.23. The van der Waals surface area contributed by atoms with Gasteiger partial charge in [0.15, 0.2) is 0 Å². The normalized spacial score (nSPS) is 12.1. The zero-order valence-electron chi connectivity index (χ0n) is 11.9. The molecule has 0 bridgehead atoms. The van der Waals surface area contributed by atoms with Crippen molar-refractivity contribution in [3.63, 3.8) is 0 Å². The van der Waals surface area contributed by atoms with Crippen LogP contribution in [0.5, 0.6) is 0 Å². The predicted octanol–water partition coefficient (Wildman–Crippen LogP) is 1.92. The van der Waals surface area contributed by atoms with E-state index in [0.29, 0.717) is 23.7 Å². The van der Waals surface area contributed by atoms with Crippen molar-refractivity contribution in [2.24, 2.45) is 5.92 Å². The van der Waals surface area contributed by atoms with Gasteiger partial charge in [-0.2, -0.15) is 0 Å². The quantitative estimate of drug-likeness (QED) is 0.715. The number of carbonyl (C=O) groups excluding carboxylic acids is 2. The molecule has 6 heteroatoms. The summed E-state index contributed by atoms with van der Waals surface area (Å²) in [4.78, 5) is 23.8. The van der Waals surface area contributed by atoms with Crippen LogP contribution in [0.15, 0.2) is 22.7 Å². The number of carbonyl (C=O) groups is 2. The topological polar surface area (TPSA) is 84.2 Å². The van der Waals surface area contributed by atoms with E-state index in [-0.39, 0.29) is 11.8 Å². The number of hydrogen-bond acceptors (Lipinski definition) is 3. The first-order valence-electron chi connectivity index (χ1n) is 6.44. The lowest BCUT2D eigenvalue weighted by atomic mass is 10.1. The van der Waals surface area contributed by atoms with E-state index < -0.39 is 6.04 Å². The van der Waals surface area contributed by atoms with Crippen LogP contribution in [0.25, 0.3) is 0 Å². The smallest absolute Gasteiger partial charge is 0.252 e. The summed E-state index contributed by atoms with van der Waals surface area (Å²) in [5.74, 6) is -0.160. The molecule has 1 atom stereocenters. The first kappa shape index (κ1) is 16.5. The molecule has 0 aliphatic heterocycles. The molecule has 4 N–H and O–H groups in total. The highest BCUT2D eigenvalue weighted by molar-refractivity contribution is 9.10. The van der Waals surface area contributed by atoms with Crippen molar-refractivity contribution in [3.8, 4) is 0 Å². The average molecular weight is 342 g/mol. The second-order valence-electron chi connectivity index (χ2n) is 5.11. The summed E-state index contributed by atoms with van der Waals surface area (Å²) in [5, 5.41) is 5.42. The van der Waals surface area contributed by atoms with E-state index >= 15 is 0 Å². The van der Waals surface area contributed by atoms with Crippen molar-refractivity contribution in [1.29, 1.82) is 0 Å². The molecular formula is C14H20BrN3O2. The Labute approximate surface area is 127 Å². The molecule has 1 rings (SSSR count). The Morgan fingerprint density at radius 3 is 2.45 bits per heavy atom. The third-order valence-electron chi connectivity index (χ3n) is 2.61. The molecule has 0 radical (unpaired) electrons. The van der Waals surface area contributed by atoms with Crippen LogP contribution in [-0.4, -0.2) is 24.4 Å². The summed E-state index contributed by atoms with van der Waals surface area (Å²) < 4.78 is 0.722. The van der Waals surface area contributed by atoms with Gasteiger partial charge in [0.1, 0.15) is 6.04 Å². The molecule has 0 aromatic heterocycles. The number of anilines is 1. The molecule has 20 heavy (non-hydrogen) atoms. The Morgan fingerprint density at radius 1 is 1.25 bits per heavy atom. The second-order valence-corrected chi connectivity index (χ2v) is 6.02. The number of halogens is 1. The number of hydrogen-bond donors (Lipinski definition) is 3. The summed E-state index contributed by atoms with van der Waals surface area (Å²) >= 11 is 3.28. The number of nitrogens with one attached hydrogen (secondary N) is 2. The Balaban J connectivity index is 2.63. The van der Waals surface area contributed by atoms with Gasteiger partial charge in [-0.1, -0.05) is 29.8 Å². The van der Waals surface area contributed by atoms with Crippen LogP contribution in [0, 0.1) is 5.92 Å². The number of nitrogen functional groups attached to an aromatic ring is 1. The molecule has 0 aliphatic rings. The summed E-state index contributed by atoms with van der Waals surface area (Å²) in [6, 6.07) is 4.33. The zero-order chi connectivity index (χ0) is 15.3. The first-order chi connectivity index (χ1) is 9.29. The maximum absolute atomic E-state index is 12.0.